The summed E-state index contributed by atoms with van der Waals surface area (Å²) in [6.45, 7) is 8.80. The van der Waals surface area contributed by atoms with Crippen molar-refractivity contribution in [3.8, 4) is 0 Å². The fourth-order valence-corrected chi connectivity index (χ4v) is 4.23. The van der Waals surface area contributed by atoms with Gasteiger partial charge in [-0.05, 0) is 61.2 Å². The van der Waals surface area contributed by atoms with Crippen molar-refractivity contribution in [2.75, 3.05) is 0 Å². The van der Waals surface area contributed by atoms with E-state index >= 15 is 0 Å². The molecule has 5 unspecified atom stereocenters. The molecule has 0 saturated heterocycles. The Morgan fingerprint density at radius 3 is 1.76 bits per heavy atom. The van der Waals surface area contributed by atoms with E-state index in [9.17, 15) is 0 Å². The van der Waals surface area contributed by atoms with Crippen molar-refractivity contribution in [1.82, 2.24) is 0 Å². The molecule has 4 saturated carbocycles. The summed E-state index contributed by atoms with van der Waals surface area (Å²) in [5, 5.41) is 0. The second-order valence-electron chi connectivity index (χ2n) is 6.90. The molecule has 0 nitrogen and oxygen atoms in total. The Morgan fingerprint density at radius 2 is 1.35 bits per heavy atom. The van der Waals surface area contributed by atoms with Crippen molar-refractivity contribution in [3.05, 3.63) is 0 Å². The summed E-state index contributed by atoms with van der Waals surface area (Å²) in [6.07, 6.45) is 10.8. The van der Waals surface area contributed by atoms with E-state index in [4.69, 9.17) is 0 Å². The Balaban J connectivity index is 0.000000112. The molecule has 0 heteroatoms. The molecule has 100 valence electrons. The van der Waals surface area contributed by atoms with E-state index in [0.717, 1.165) is 11.8 Å². The number of rotatable bonds is 0. The van der Waals surface area contributed by atoms with Crippen LogP contribution in [0.5, 0.6) is 0 Å². The first-order valence-corrected chi connectivity index (χ1v) is 8.24. The third-order valence-corrected chi connectivity index (χ3v) is 5.42. The third-order valence-electron chi connectivity index (χ3n) is 5.42. The highest BCUT2D eigenvalue weighted by Crippen LogP contribution is 2.54. The molecule has 4 aliphatic rings. The summed E-state index contributed by atoms with van der Waals surface area (Å²) >= 11 is 0. The van der Waals surface area contributed by atoms with E-state index in [-0.39, 0.29) is 0 Å². The molecule has 0 spiro atoms. The zero-order valence-corrected chi connectivity index (χ0v) is 12.4. The van der Waals surface area contributed by atoms with Gasteiger partial charge in [-0.25, -0.2) is 0 Å². The summed E-state index contributed by atoms with van der Waals surface area (Å²) < 4.78 is 0. The predicted octanol–water partition coefficient (Wildman–Crippen LogP) is 5.52. The normalized spacial score (nSPS) is 48.7. The highest BCUT2D eigenvalue weighted by Gasteiger charge is 2.44. The molecule has 0 radical (unpaired) electrons. The Labute approximate surface area is 109 Å². The lowest BCUT2D eigenvalue weighted by Gasteiger charge is -2.15. The van der Waals surface area contributed by atoms with Crippen LogP contribution >= 0.6 is 0 Å². The second-order valence-corrected chi connectivity index (χ2v) is 6.90. The van der Waals surface area contributed by atoms with Gasteiger partial charge in [0.05, 0.1) is 0 Å². The monoisotopic (exact) mass is 236 g/mol. The van der Waals surface area contributed by atoms with E-state index in [1.165, 1.54) is 36.5 Å². The average molecular weight is 236 g/mol. The maximum absolute atomic E-state index is 2.42. The van der Waals surface area contributed by atoms with Crippen LogP contribution in [0, 0.1) is 35.5 Å². The van der Waals surface area contributed by atoms with Crippen molar-refractivity contribution in [2.24, 2.45) is 35.5 Å². The number of fused-ring (bicyclic) bond motifs is 2. The van der Waals surface area contributed by atoms with Crippen LogP contribution in [-0.4, -0.2) is 0 Å². The van der Waals surface area contributed by atoms with Gasteiger partial charge in [0.25, 0.3) is 0 Å². The SMILES string of the molecule is CC.CC1CC2CC2C1.CC1CCCC2CC12. The van der Waals surface area contributed by atoms with Gasteiger partial charge in [0, 0.05) is 0 Å². The van der Waals surface area contributed by atoms with Crippen molar-refractivity contribution in [2.45, 2.75) is 72.6 Å². The van der Waals surface area contributed by atoms with E-state index in [0.29, 0.717) is 0 Å². The van der Waals surface area contributed by atoms with Crippen LogP contribution in [0.4, 0.5) is 0 Å². The van der Waals surface area contributed by atoms with Crippen LogP contribution in [0.3, 0.4) is 0 Å². The van der Waals surface area contributed by atoms with Crippen LogP contribution in [0.2, 0.25) is 0 Å². The molecule has 4 fully saturated rings. The summed E-state index contributed by atoms with van der Waals surface area (Å²) in [6, 6.07) is 0. The van der Waals surface area contributed by atoms with Crippen molar-refractivity contribution in [3.63, 3.8) is 0 Å². The topological polar surface area (TPSA) is 0 Å². The minimum absolute atomic E-state index is 1.07. The van der Waals surface area contributed by atoms with Crippen molar-refractivity contribution in [1.29, 1.82) is 0 Å². The molecule has 0 aliphatic heterocycles. The highest BCUT2D eigenvalue weighted by molar-refractivity contribution is 4.94. The smallest absolute Gasteiger partial charge is 0.0357 e. The fraction of sp³-hybridized carbons (Fsp3) is 1.00. The van der Waals surface area contributed by atoms with E-state index < -0.39 is 0 Å². The average Bonchev–Trinajstić information content (AvgIpc) is 3.22. The molecule has 0 N–H and O–H groups in total. The van der Waals surface area contributed by atoms with Crippen LogP contribution in [0.15, 0.2) is 0 Å². The molecule has 4 aliphatic carbocycles. The minimum atomic E-state index is 1.07. The largest absolute Gasteiger partial charge is 0.0683 e. The molecule has 0 heterocycles. The molecule has 4 rings (SSSR count). The molecule has 5 atom stereocenters. The van der Waals surface area contributed by atoms with Crippen LogP contribution in [0.1, 0.15) is 72.6 Å². The molecule has 0 aromatic carbocycles. The molecule has 0 aromatic heterocycles. The molecule has 0 amide bonds. The van der Waals surface area contributed by atoms with Gasteiger partial charge >= 0.3 is 0 Å². The van der Waals surface area contributed by atoms with Crippen LogP contribution in [-0.2, 0) is 0 Å². The Morgan fingerprint density at radius 1 is 0.706 bits per heavy atom. The van der Waals surface area contributed by atoms with Gasteiger partial charge in [0.1, 0.15) is 0 Å². The quantitative estimate of drug-likeness (QED) is 0.519. The number of hydrogen-bond acceptors (Lipinski definition) is 0. The van der Waals surface area contributed by atoms with E-state index in [1.54, 1.807) is 32.1 Å². The van der Waals surface area contributed by atoms with Crippen molar-refractivity contribution < 1.29 is 0 Å². The Bertz CT molecular complexity index is 222. The van der Waals surface area contributed by atoms with Gasteiger partial charge in [-0.15, -0.1) is 0 Å². The predicted molar refractivity (Wildman–Crippen MR) is 76.0 cm³/mol. The van der Waals surface area contributed by atoms with Gasteiger partial charge < -0.3 is 0 Å². The van der Waals surface area contributed by atoms with Gasteiger partial charge in [-0.3, -0.25) is 0 Å². The summed E-state index contributed by atoms with van der Waals surface area (Å²) in [7, 11) is 0. The molecular weight excluding hydrogens is 204 g/mol. The van der Waals surface area contributed by atoms with Gasteiger partial charge in [0.15, 0.2) is 0 Å². The van der Waals surface area contributed by atoms with Gasteiger partial charge in [-0.2, -0.15) is 0 Å². The zero-order valence-electron chi connectivity index (χ0n) is 12.4. The molecule has 0 bridgehead atoms. The molecule has 17 heavy (non-hydrogen) atoms. The standard InChI is InChI=1S/C8H14.C7H12.C2H6/c1-6-3-2-4-7-5-8(6)7;1-5-2-6-4-7(6)3-5;1-2/h6-8H,2-5H2,1H3;5-7H,2-4H2,1H3;1-2H3. The lowest BCUT2D eigenvalue weighted by molar-refractivity contribution is 0.362. The van der Waals surface area contributed by atoms with E-state index in [1.807, 2.05) is 13.8 Å². The lowest BCUT2D eigenvalue weighted by atomic mass is 9.91. The fourth-order valence-electron chi connectivity index (χ4n) is 4.23. The summed E-state index contributed by atoms with van der Waals surface area (Å²) in [4.78, 5) is 0. The lowest BCUT2D eigenvalue weighted by Crippen LogP contribution is -2.04. The second kappa shape index (κ2) is 5.76. The minimum Gasteiger partial charge on any atom is -0.0683 e. The van der Waals surface area contributed by atoms with Gasteiger partial charge in [-0.1, -0.05) is 47.0 Å². The van der Waals surface area contributed by atoms with Crippen molar-refractivity contribution >= 4 is 0 Å². The first-order chi connectivity index (χ1) is 8.24. The van der Waals surface area contributed by atoms with E-state index in [2.05, 4.69) is 13.8 Å². The maximum Gasteiger partial charge on any atom is -0.0357 e. The van der Waals surface area contributed by atoms with Gasteiger partial charge in [0.2, 0.25) is 0 Å². The Kier molecular flexibility index (Phi) is 4.55. The Hall–Kier alpha value is 0. The van der Waals surface area contributed by atoms with Crippen LogP contribution < -0.4 is 0 Å². The highest BCUT2D eigenvalue weighted by atomic mass is 14.5. The molecule has 0 aromatic rings. The maximum atomic E-state index is 2.42. The first kappa shape index (κ1) is 13.4. The third kappa shape index (κ3) is 3.48. The van der Waals surface area contributed by atoms with Crippen LogP contribution in [0.25, 0.3) is 0 Å². The summed E-state index contributed by atoms with van der Waals surface area (Å²) in [5.74, 6) is 6.88. The number of hydrogen-bond donors (Lipinski definition) is 0. The first-order valence-electron chi connectivity index (χ1n) is 8.24. The summed E-state index contributed by atoms with van der Waals surface area (Å²) in [5.41, 5.74) is 0. The molecular formula is C17H32. The zero-order chi connectivity index (χ0) is 12.4.